The van der Waals surface area contributed by atoms with Gasteiger partial charge in [0.15, 0.2) is 0 Å². The van der Waals surface area contributed by atoms with E-state index in [1.807, 2.05) is 13.8 Å². The second-order valence-electron chi connectivity index (χ2n) is 5.72. The summed E-state index contributed by atoms with van der Waals surface area (Å²) < 4.78 is 19.0. The highest BCUT2D eigenvalue weighted by atomic mass is 35.5. The van der Waals surface area contributed by atoms with Crippen LogP contribution in [-0.2, 0) is 9.53 Å². The van der Waals surface area contributed by atoms with Crippen LogP contribution in [0.3, 0.4) is 0 Å². The summed E-state index contributed by atoms with van der Waals surface area (Å²) in [6.45, 7) is 3.69. The number of hydrogen-bond donors (Lipinski definition) is 1. The van der Waals surface area contributed by atoms with Crippen molar-refractivity contribution in [3.63, 3.8) is 0 Å². The number of unbranched alkanes of at least 4 members (excludes halogenated alkanes) is 1. The zero-order valence-corrected chi connectivity index (χ0v) is 14.0. The molecule has 22 heavy (non-hydrogen) atoms. The molecule has 3 unspecified atom stereocenters. The fourth-order valence-corrected chi connectivity index (χ4v) is 2.64. The summed E-state index contributed by atoms with van der Waals surface area (Å²) in [6.07, 6.45) is 7.40. The Morgan fingerprint density at radius 2 is 2.18 bits per heavy atom. The predicted molar refractivity (Wildman–Crippen MR) is 84.8 cm³/mol. The molecule has 1 aliphatic rings. The molecule has 3 nitrogen and oxygen atoms in total. The van der Waals surface area contributed by atoms with E-state index in [1.54, 1.807) is 6.08 Å². The highest BCUT2D eigenvalue weighted by Crippen LogP contribution is 2.60. The Hall–Kier alpha value is -1.02. The van der Waals surface area contributed by atoms with Crippen LogP contribution < -0.4 is 0 Å². The van der Waals surface area contributed by atoms with Crippen LogP contribution in [-0.4, -0.2) is 23.8 Å². The summed E-state index contributed by atoms with van der Waals surface area (Å²) in [5.41, 5.74) is -0.359. The fraction of sp³-hybridized carbons (Fsp3) is 0.562. The Kier molecular flexibility index (Phi) is 6.93. The quantitative estimate of drug-likeness (QED) is 0.433. The van der Waals surface area contributed by atoms with Crippen molar-refractivity contribution in [2.75, 3.05) is 6.61 Å². The number of rotatable bonds is 7. The van der Waals surface area contributed by atoms with Crippen molar-refractivity contribution in [2.45, 2.75) is 32.8 Å². The molecule has 0 radical (unpaired) electrons. The van der Waals surface area contributed by atoms with Gasteiger partial charge in [0.2, 0.25) is 6.10 Å². The maximum atomic E-state index is 13.8. The summed E-state index contributed by atoms with van der Waals surface area (Å²) in [4.78, 5) is 12.1. The summed E-state index contributed by atoms with van der Waals surface area (Å²) in [6, 6.07) is 0. The van der Waals surface area contributed by atoms with E-state index in [0.29, 0.717) is 12.8 Å². The van der Waals surface area contributed by atoms with Gasteiger partial charge in [-0.2, -0.15) is 0 Å². The maximum Gasteiger partial charge on any atom is 0.311 e. The van der Waals surface area contributed by atoms with Gasteiger partial charge in [0.25, 0.3) is 0 Å². The highest BCUT2D eigenvalue weighted by Gasteiger charge is 2.62. The first-order valence-corrected chi connectivity index (χ1v) is 7.67. The number of carbonyl (C=O) groups excluding carboxylic acids is 1. The van der Waals surface area contributed by atoms with E-state index >= 15 is 0 Å². The molecule has 0 aromatic heterocycles. The molecule has 1 fully saturated rings. The minimum Gasteiger partial charge on any atom is -0.441 e. The topological polar surface area (TPSA) is 46.5 Å². The monoisotopic (exact) mass is 348 g/mol. The number of ether oxygens (including phenoxy) is 1. The first-order valence-electron chi connectivity index (χ1n) is 6.91. The van der Waals surface area contributed by atoms with E-state index in [2.05, 4.69) is 5.92 Å². The van der Waals surface area contributed by atoms with Crippen molar-refractivity contribution in [3.05, 3.63) is 22.5 Å². The molecule has 1 aliphatic carbocycles. The van der Waals surface area contributed by atoms with Crippen LogP contribution in [0.25, 0.3) is 0 Å². The van der Waals surface area contributed by atoms with Crippen LogP contribution in [0.1, 0.15) is 26.7 Å². The third-order valence-electron chi connectivity index (χ3n) is 3.81. The SMILES string of the molecule is C#CC(OC(=O)C1C(C=C(Cl)Cl)C1(C)C)/C(F)=C/CCCO. The lowest BCUT2D eigenvalue weighted by molar-refractivity contribution is -0.148. The van der Waals surface area contributed by atoms with Gasteiger partial charge in [-0.05, 0) is 36.3 Å². The lowest BCUT2D eigenvalue weighted by Crippen LogP contribution is -2.20. The van der Waals surface area contributed by atoms with Crippen molar-refractivity contribution in [3.8, 4) is 12.3 Å². The Morgan fingerprint density at radius 1 is 1.55 bits per heavy atom. The first kappa shape index (κ1) is 19.0. The molecule has 122 valence electrons. The van der Waals surface area contributed by atoms with Crippen LogP contribution in [0.2, 0.25) is 0 Å². The molecular weight excluding hydrogens is 330 g/mol. The molecule has 3 atom stereocenters. The van der Waals surface area contributed by atoms with Gasteiger partial charge in [0, 0.05) is 6.61 Å². The molecule has 6 heteroatoms. The number of terminal acetylenes is 1. The van der Waals surface area contributed by atoms with Crippen molar-refractivity contribution >= 4 is 29.2 Å². The molecule has 0 aromatic carbocycles. The number of halogens is 3. The van der Waals surface area contributed by atoms with E-state index in [1.165, 1.54) is 6.08 Å². The van der Waals surface area contributed by atoms with Gasteiger partial charge in [0.1, 0.15) is 10.3 Å². The van der Waals surface area contributed by atoms with Gasteiger partial charge in [-0.15, -0.1) is 6.42 Å². The third-order valence-corrected chi connectivity index (χ3v) is 4.06. The number of aliphatic hydroxyl groups excluding tert-OH is 1. The molecule has 0 saturated heterocycles. The van der Waals surface area contributed by atoms with Crippen molar-refractivity contribution in [1.82, 2.24) is 0 Å². The summed E-state index contributed by atoms with van der Waals surface area (Å²) >= 11 is 11.2. The standard InChI is InChI=1S/C16H19Cl2FO3/c1-4-12(11(19)7-5-6-8-20)22-15(21)14-10(9-13(17)18)16(14,2)3/h1,7,9-10,12,14,20H,5-6,8H2,2-3H3/b11-7-. The van der Waals surface area contributed by atoms with E-state index < -0.39 is 23.8 Å². The Balaban J connectivity index is 2.69. The fourth-order valence-electron chi connectivity index (χ4n) is 2.37. The highest BCUT2D eigenvalue weighted by molar-refractivity contribution is 6.55. The molecule has 1 rings (SSSR count). The van der Waals surface area contributed by atoms with Crippen LogP contribution in [0.5, 0.6) is 0 Å². The summed E-state index contributed by atoms with van der Waals surface area (Å²) in [7, 11) is 0. The van der Waals surface area contributed by atoms with E-state index in [0.717, 1.165) is 0 Å². The van der Waals surface area contributed by atoms with Crippen LogP contribution in [0, 0.1) is 29.6 Å². The molecule has 0 spiro atoms. The number of carbonyl (C=O) groups is 1. The van der Waals surface area contributed by atoms with Gasteiger partial charge >= 0.3 is 5.97 Å². The van der Waals surface area contributed by atoms with E-state index in [-0.39, 0.29) is 22.4 Å². The average molecular weight is 349 g/mol. The van der Waals surface area contributed by atoms with E-state index in [4.69, 9.17) is 39.5 Å². The molecule has 0 bridgehead atoms. The normalized spacial score (nSPS) is 24.1. The smallest absolute Gasteiger partial charge is 0.311 e. The lowest BCUT2D eigenvalue weighted by Gasteiger charge is -2.11. The van der Waals surface area contributed by atoms with Gasteiger partial charge in [-0.3, -0.25) is 4.79 Å². The Bertz CT molecular complexity index is 516. The molecule has 1 saturated carbocycles. The average Bonchev–Trinajstić information content (AvgIpc) is 2.96. The van der Waals surface area contributed by atoms with Gasteiger partial charge in [-0.25, -0.2) is 4.39 Å². The zero-order valence-electron chi connectivity index (χ0n) is 12.5. The number of aliphatic hydroxyl groups is 1. The Labute approximate surface area is 140 Å². The maximum absolute atomic E-state index is 13.8. The molecule has 0 aliphatic heterocycles. The lowest BCUT2D eigenvalue weighted by atomic mass is 10.1. The van der Waals surface area contributed by atoms with Crippen molar-refractivity contribution in [1.29, 1.82) is 0 Å². The van der Waals surface area contributed by atoms with Crippen LogP contribution in [0.4, 0.5) is 4.39 Å². The molecule has 0 heterocycles. The molecule has 0 amide bonds. The van der Waals surface area contributed by atoms with E-state index in [9.17, 15) is 9.18 Å². The summed E-state index contributed by atoms with van der Waals surface area (Å²) in [5.74, 6) is 0.211. The molecule has 0 aromatic rings. The second-order valence-corrected chi connectivity index (χ2v) is 6.73. The second kappa shape index (κ2) is 8.01. The van der Waals surface area contributed by atoms with Crippen LogP contribution in [0.15, 0.2) is 22.5 Å². The minimum atomic E-state index is -1.35. The van der Waals surface area contributed by atoms with Crippen LogP contribution >= 0.6 is 23.2 Å². The van der Waals surface area contributed by atoms with Crippen molar-refractivity contribution in [2.24, 2.45) is 17.3 Å². The van der Waals surface area contributed by atoms with Gasteiger partial charge in [-0.1, -0.05) is 43.0 Å². The first-order chi connectivity index (χ1) is 10.3. The third kappa shape index (κ3) is 4.74. The summed E-state index contributed by atoms with van der Waals surface area (Å²) in [5, 5.41) is 8.66. The predicted octanol–water partition coefficient (Wildman–Crippen LogP) is 3.75. The number of allylic oxidation sites excluding steroid dienone is 2. The molecule has 1 N–H and O–H groups in total. The van der Waals surface area contributed by atoms with Crippen molar-refractivity contribution < 1.29 is 19.0 Å². The minimum absolute atomic E-state index is 0.0479. The molecular formula is C16H19Cl2FO3. The number of esters is 1. The number of hydrogen-bond acceptors (Lipinski definition) is 3. The van der Waals surface area contributed by atoms with Gasteiger partial charge < -0.3 is 9.84 Å². The van der Waals surface area contributed by atoms with Gasteiger partial charge in [0.05, 0.1) is 5.92 Å². The Morgan fingerprint density at radius 3 is 2.68 bits per heavy atom. The largest absolute Gasteiger partial charge is 0.441 e. The zero-order chi connectivity index (χ0) is 16.9.